The highest BCUT2D eigenvalue weighted by Gasteiger charge is 2.13. The van der Waals surface area contributed by atoms with E-state index >= 15 is 0 Å². The van der Waals surface area contributed by atoms with Crippen molar-refractivity contribution in [1.82, 2.24) is 9.55 Å². The SMILES string of the molecule is CCc1cnc(SCC(=O)O)n1-c1cc(C)cc(Br)c1. The maximum absolute atomic E-state index is 10.7. The van der Waals surface area contributed by atoms with Crippen molar-refractivity contribution in [2.24, 2.45) is 0 Å². The number of carbonyl (C=O) groups is 1. The average molecular weight is 355 g/mol. The number of carboxylic acid groups (broad SMARTS) is 1. The van der Waals surface area contributed by atoms with E-state index < -0.39 is 5.97 Å². The minimum atomic E-state index is -0.840. The molecular weight excluding hydrogens is 340 g/mol. The van der Waals surface area contributed by atoms with Crippen LogP contribution in [-0.2, 0) is 11.2 Å². The van der Waals surface area contributed by atoms with Crippen molar-refractivity contribution in [3.63, 3.8) is 0 Å². The molecule has 0 unspecified atom stereocenters. The van der Waals surface area contributed by atoms with Gasteiger partial charge in [0, 0.05) is 22.1 Å². The van der Waals surface area contributed by atoms with Crippen LogP contribution in [0.25, 0.3) is 5.69 Å². The van der Waals surface area contributed by atoms with Crippen LogP contribution in [0, 0.1) is 6.92 Å². The quantitative estimate of drug-likeness (QED) is 0.832. The van der Waals surface area contributed by atoms with Crippen molar-refractivity contribution >= 4 is 33.7 Å². The van der Waals surface area contributed by atoms with E-state index in [1.165, 1.54) is 11.8 Å². The van der Waals surface area contributed by atoms with Crippen LogP contribution in [0.2, 0.25) is 0 Å². The predicted molar refractivity (Wildman–Crippen MR) is 83.7 cm³/mol. The van der Waals surface area contributed by atoms with Crippen molar-refractivity contribution in [3.05, 3.63) is 40.1 Å². The fourth-order valence-electron chi connectivity index (χ4n) is 1.97. The van der Waals surface area contributed by atoms with Gasteiger partial charge >= 0.3 is 5.97 Å². The third-order valence-electron chi connectivity index (χ3n) is 2.77. The Morgan fingerprint density at radius 1 is 1.45 bits per heavy atom. The summed E-state index contributed by atoms with van der Waals surface area (Å²) in [7, 11) is 0. The van der Waals surface area contributed by atoms with E-state index in [2.05, 4.69) is 33.9 Å². The Morgan fingerprint density at radius 3 is 2.80 bits per heavy atom. The Morgan fingerprint density at radius 2 is 2.20 bits per heavy atom. The number of hydrogen-bond acceptors (Lipinski definition) is 3. The van der Waals surface area contributed by atoms with E-state index in [0.29, 0.717) is 5.16 Å². The summed E-state index contributed by atoms with van der Waals surface area (Å²) < 4.78 is 3.02. The fourth-order valence-corrected chi connectivity index (χ4v) is 3.30. The first kappa shape index (κ1) is 15.1. The Labute approximate surface area is 130 Å². The second-order valence-corrected chi connectivity index (χ2v) is 6.25. The number of hydrogen-bond donors (Lipinski definition) is 1. The molecule has 0 radical (unpaired) electrons. The molecule has 0 aliphatic heterocycles. The highest BCUT2D eigenvalue weighted by atomic mass is 79.9. The Bertz CT molecular complexity index is 620. The van der Waals surface area contributed by atoms with Gasteiger partial charge in [-0.05, 0) is 37.1 Å². The summed E-state index contributed by atoms with van der Waals surface area (Å²) in [5.41, 5.74) is 3.20. The number of benzene rings is 1. The van der Waals surface area contributed by atoms with Crippen LogP contribution in [0.3, 0.4) is 0 Å². The van der Waals surface area contributed by atoms with Crippen LogP contribution in [0.4, 0.5) is 0 Å². The zero-order chi connectivity index (χ0) is 14.7. The number of imidazole rings is 1. The number of aliphatic carboxylic acids is 1. The molecule has 0 aliphatic carbocycles. The third-order valence-corrected chi connectivity index (χ3v) is 4.17. The molecule has 0 saturated heterocycles. The van der Waals surface area contributed by atoms with Gasteiger partial charge in [0.2, 0.25) is 0 Å². The molecule has 0 fully saturated rings. The molecule has 0 aliphatic rings. The second-order valence-electron chi connectivity index (χ2n) is 4.39. The standard InChI is InChI=1S/C14H15BrN2O2S/c1-3-11-7-16-14(20-8-13(18)19)17(11)12-5-9(2)4-10(15)6-12/h4-7H,3,8H2,1-2H3,(H,18,19). The molecule has 6 heteroatoms. The molecule has 0 amide bonds. The van der Waals surface area contributed by atoms with Crippen molar-refractivity contribution in [1.29, 1.82) is 0 Å². The van der Waals surface area contributed by atoms with Crippen LogP contribution < -0.4 is 0 Å². The van der Waals surface area contributed by atoms with Crippen LogP contribution in [0.1, 0.15) is 18.2 Å². The minimum absolute atomic E-state index is 0.00710. The first-order chi connectivity index (χ1) is 9.51. The molecule has 1 heterocycles. The van der Waals surface area contributed by atoms with Gasteiger partial charge in [-0.1, -0.05) is 34.6 Å². The van der Waals surface area contributed by atoms with Crippen LogP contribution in [0.5, 0.6) is 0 Å². The minimum Gasteiger partial charge on any atom is -0.481 e. The summed E-state index contributed by atoms with van der Waals surface area (Å²) >= 11 is 4.73. The summed E-state index contributed by atoms with van der Waals surface area (Å²) in [6, 6.07) is 6.12. The third kappa shape index (κ3) is 3.43. The molecule has 1 N–H and O–H groups in total. The Kier molecular flexibility index (Phi) is 4.88. The lowest BCUT2D eigenvalue weighted by molar-refractivity contribution is -0.133. The zero-order valence-corrected chi connectivity index (χ0v) is 13.7. The number of aryl methyl sites for hydroxylation is 2. The fraction of sp³-hybridized carbons (Fsp3) is 0.286. The summed E-state index contributed by atoms with van der Waals surface area (Å²) in [6.45, 7) is 4.09. The van der Waals surface area contributed by atoms with Gasteiger partial charge in [0.15, 0.2) is 5.16 Å². The summed E-state index contributed by atoms with van der Waals surface area (Å²) in [5, 5.41) is 9.53. The van der Waals surface area contributed by atoms with Gasteiger partial charge in [0.1, 0.15) is 0 Å². The first-order valence-electron chi connectivity index (χ1n) is 6.20. The molecular formula is C14H15BrN2O2S. The largest absolute Gasteiger partial charge is 0.481 e. The average Bonchev–Trinajstić information content (AvgIpc) is 2.77. The molecule has 4 nitrogen and oxygen atoms in total. The molecule has 106 valence electrons. The van der Waals surface area contributed by atoms with Gasteiger partial charge in [0.25, 0.3) is 0 Å². The van der Waals surface area contributed by atoms with Crippen molar-refractivity contribution in [3.8, 4) is 5.69 Å². The molecule has 0 bridgehead atoms. The summed E-state index contributed by atoms with van der Waals surface area (Å²) in [4.78, 5) is 15.1. The molecule has 0 atom stereocenters. The lowest BCUT2D eigenvalue weighted by Crippen LogP contribution is -2.04. The smallest absolute Gasteiger partial charge is 0.313 e. The zero-order valence-electron chi connectivity index (χ0n) is 11.3. The van der Waals surface area contributed by atoms with Crippen molar-refractivity contribution in [2.45, 2.75) is 25.4 Å². The van der Waals surface area contributed by atoms with Gasteiger partial charge in [-0.25, -0.2) is 4.98 Å². The topological polar surface area (TPSA) is 55.1 Å². The van der Waals surface area contributed by atoms with E-state index in [1.54, 1.807) is 6.20 Å². The maximum atomic E-state index is 10.7. The normalized spacial score (nSPS) is 10.8. The van der Waals surface area contributed by atoms with Crippen LogP contribution in [-0.4, -0.2) is 26.4 Å². The molecule has 2 aromatic rings. The van der Waals surface area contributed by atoms with Crippen LogP contribution in [0.15, 0.2) is 34.0 Å². The van der Waals surface area contributed by atoms with Gasteiger partial charge in [0.05, 0.1) is 5.75 Å². The summed E-state index contributed by atoms with van der Waals surface area (Å²) in [6.07, 6.45) is 2.65. The van der Waals surface area contributed by atoms with E-state index in [0.717, 1.165) is 27.8 Å². The molecule has 2 rings (SSSR count). The van der Waals surface area contributed by atoms with E-state index in [9.17, 15) is 4.79 Å². The van der Waals surface area contributed by atoms with Crippen molar-refractivity contribution < 1.29 is 9.90 Å². The van der Waals surface area contributed by atoms with E-state index in [4.69, 9.17) is 5.11 Å². The monoisotopic (exact) mass is 354 g/mol. The Hall–Kier alpha value is -1.27. The number of carboxylic acids is 1. The van der Waals surface area contributed by atoms with Crippen LogP contribution >= 0.6 is 27.7 Å². The van der Waals surface area contributed by atoms with Gasteiger partial charge in [-0.3, -0.25) is 9.36 Å². The number of halogens is 1. The van der Waals surface area contributed by atoms with Gasteiger partial charge < -0.3 is 5.11 Å². The second kappa shape index (κ2) is 6.45. The van der Waals surface area contributed by atoms with Gasteiger partial charge in [-0.15, -0.1) is 0 Å². The molecule has 20 heavy (non-hydrogen) atoms. The predicted octanol–water partition coefficient (Wildman–Crippen LogP) is 3.68. The lowest BCUT2D eigenvalue weighted by Gasteiger charge is -2.12. The Balaban J connectivity index is 2.47. The molecule has 1 aromatic carbocycles. The van der Waals surface area contributed by atoms with Gasteiger partial charge in [-0.2, -0.15) is 0 Å². The summed E-state index contributed by atoms with van der Waals surface area (Å²) in [5.74, 6) is -0.833. The molecule has 1 aromatic heterocycles. The lowest BCUT2D eigenvalue weighted by atomic mass is 10.2. The highest BCUT2D eigenvalue weighted by Crippen LogP contribution is 2.26. The number of thioether (sulfide) groups is 1. The maximum Gasteiger partial charge on any atom is 0.313 e. The van der Waals surface area contributed by atoms with E-state index in [-0.39, 0.29) is 5.75 Å². The number of rotatable bonds is 5. The van der Waals surface area contributed by atoms with E-state index in [1.807, 2.05) is 23.6 Å². The first-order valence-corrected chi connectivity index (χ1v) is 7.98. The molecule has 0 saturated carbocycles. The van der Waals surface area contributed by atoms with Crippen molar-refractivity contribution in [2.75, 3.05) is 5.75 Å². The highest BCUT2D eigenvalue weighted by molar-refractivity contribution is 9.10. The molecule has 0 spiro atoms. The number of aromatic nitrogens is 2. The number of nitrogens with zero attached hydrogens (tertiary/aromatic N) is 2.